The van der Waals surface area contributed by atoms with Crippen LogP contribution in [0.5, 0.6) is 0 Å². The van der Waals surface area contributed by atoms with Crippen LogP contribution in [-0.2, 0) is 16.1 Å². The van der Waals surface area contributed by atoms with E-state index in [9.17, 15) is 14.3 Å². The van der Waals surface area contributed by atoms with E-state index in [1.807, 2.05) is 30.3 Å². The highest BCUT2D eigenvalue weighted by Gasteiger charge is 2.28. The Balaban J connectivity index is 1.64. The quantitative estimate of drug-likeness (QED) is 0.434. The van der Waals surface area contributed by atoms with E-state index >= 15 is 0 Å². The molecule has 172 valence electrons. The Labute approximate surface area is 195 Å². The van der Waals surface area contributed by atoms with Gasteiger partial charge in [0.1, 0.15) is 29.8 Å². The summed E-state index contributed by atoms with van der Waals surface area (Å²) in [4.78, 5) is 25.2. The van der Waals surface area contributed by atoms with Crippen LogP contribution in [0.4, 0.5) is 4.39 Å². The number of aliphatic hydroxyl groups is 1. The predicted octanol–water partition coefficient (Wildman–Crippen LogP) is 4.27. The van der Waals surface area contributed by atoms with E-state index in [1.54, 1.807) is 24.4 Å². The van der Waals surface area contributed by atoms with Gasteiger partial charge in [0.05, 0.1) is 23.9 Å². The van der Waals surface area contributed by atoms with Gasteiger partial charge in [0.2, 0.25) is 0 Å². The van der Waals surface area contributed by atoms with Crippen molar-refractivity contribution in [2.75, 3.05) is 0 Å². The first kappa shape index (κ1) is 21.9. The molecule has 8 heteroatoms. The molecule has 5 rings (SSSR count). The molecule has 2 aromatic heterocycles. The fourth-order valence-electron chi connectivity index (χ4n) is 4.30. The van der Waals surface area contributed by atoms with Crippen molar-refractivity contribution in [3.05, 3.63) is 79.0 Å². The summed E-state index contributed by atoms with van der Waals surface area (Å²) < 4.78 is 21.3. The Morgan fingerprint density at radius 2 is 1.85 bits per heavy atom. The van der Waals surface area contributed by atoms with Gasteiger partial charge in [-0.25, -0.2) is 19.3 Å². The maximum Gasteiger partial charge on any atom is 0.308 e. The zero-order chi connectivity index (χ0) is 23.5. The summed E-state index contributed by atoms with van der Waals surface area (Å²) in [5.41, 5.74) is 3.76. The molecule has 2 atom stereocenters. The molecule has 34 heavy (non-hydrogen) atoms. The number of rotatable bonds is 6. The Hall–Kier alpha value is -3.91. The lowest BCUT2D eigenvalue weighted by atomic mass is 10.0. The number of aromatic nitrogens is 4. The molecule has 0 unspecified atom stereocenters. The number of ether oxygens (including phenoxy) is 1. The molecule has 4 aromatic rings. The van der Waals surface area contributed by atoms with Crippen molar-refractivity contribution in [3.63, 3.8) is 0 Å². The molecule has 1 fully saturated rings. The molecule has 0 bridgehead atoms. The molecule has 0 radical (unpaired) electrons. The number of cyclic esters (lactones) is 1. The number of esters is 1. The fraction of sp³-hybridized carbons (Fsp3) is 0.231. The second kappa shape index (κ2) is 9.52. The molecule has 0 spiro atoms. The van der Waals surface area contributed by atoms with E-state index < -0.39 is 18.2 Å². The summed E-state index contributed by atoms with van der Waals surface area (Å²) in [6, 6.07) is 17.8. The normalized spacial score (nSPS) is 18.0. The van der Waals surface area contributed by atoms with Crippen molar-refractivity contribution in [2.45, 2.75) is 38.0 Å². The van der Waals surface area contributed by atoms with Gasteiger partial charge in [-0.3, -0.25) is 4.79 Å². The second-order valence-electron chi connectivity index (χ2n) is 8.25. The third-order valence-electron chi connectivity index (χ3n) is 5.85. The van der Waals surface area contributed by atoms with Gasteiger partial charge < -0.3 is 14.4 Å². The Morgan fingerprint density at radius 3 is 2.56 bits per heavy atom. The second-order valence-corrected chi connectivity index (χ2v) is 8.25. The SMILES string of the molecule is O=C1C[C@H](O)C[C@H](CCn2c(-c3ccccc3)nc(-c3ccncn3)c2-c2ccc(F)cc2)O1. The van der Waals surface area contributed by atoms with Crippen LogP contribution in [0.25, 0.3) is 34.0 Å². The number of carbonyl (C=O) groups excluding carboxylic acids is 1. The zero-order valence-electron chi connectivity index (χ0n) is 18.3. The summed E-state index contributed by atoms with van der Waals surface area (Å²) in [5, 5.41) is 10.0. The number of hydrogen-bond donors (Lipinski definition) is 1. The number of imidazole rings is 1. The Kier molecular flexibility index (Phi) is 6.14. The molecule has 1 saturated heterocycles. The van der Waals surface area contributed by atoms with E-state index in [0.717, 1.165) is 22.6 Å². The maximum absolute atomic E-state index is 13.7. The summed E-state index contributed by atoms with van der Waals surface area (Å²) >= 11 is 0. The van der Waals surface area contributed by atoms with Crippen molar-refractivity contribution >= 4 is 5.97 Å². The van der Waals surface area contributed by atoms with Crippen LogP contribution in [0, 0.1) is 5.82 Å². The Bertz CT molecular complexity index is 1280. The molecule has 2 aromatic carbocycles. The molecule has 1 aliphatic heterocycles. The van der Waals surface area contributed by atoms with Crippen molar-refractivity contribution in [1.29, 1.82) is 0 Å². The molecule has 7 nitrogen and oxygen atoms in total. The molecular formula is C26H23FN4O3. The maximum atomic E-state index is 13.7. The third-order valence-corrected chi connectivity index (χ3v) is 5.85. The van der Waals surface area contributed by atoms with Crippen molar-refractivity contribution < 1.29 is 19.0 Å². The molecule has 3 heterocycles. The number of hydrogen-bond acceptors (Lipinski definition) is 6. The predicted molar refractivity (Wildman–Crippen MR) is 124 cm³/mol. The molecule has 0 amide bonds. The summed E-state index contributed by atoms with van der Waals surface area (Å²) in [5.74, 6) is -0.000826. The first-order chi connectivity index (χ1) is 16.6. The van der Waals surface area contributed by atoms with Gasteiger partial charge in [0, 0.05) is 36.7 Å². The van der Waals surface area contributed by atoms with Gasteiger partial charge in [-0.1, -0.05) is 30.3 Å². The smallest absolute Gasteiger partial charge is 0.308 e. The highest BCUT2D eigenvalue weighted by Crippen LogP contribution is 2.36. The average Bonchev–Trinajstić information content (AvgIpc) is 3.23. The van der Waals surface area contributed by atoms with Gasteiger partial charge in [-0.15, -0.1) is 0 Å². The fourth-order valence-corrected chi connectivity index (χ4v) is 4.30. The number of benzene rings is 2. The van der Waals surface area contributed by atoms with Crippen LogP contribution in [0.2, 0.25) is 0 Å². The topological polar surface area (TPSA) is 90.1 Å². The van der Waals surface area contributed by atoms with Gasteiger partial charge >= 0.3 is 5.97 Å². The minimum Gasteiger partial charge on any atom is -0.462 e. The van der Waals surface area contributed by atoms with Gasteiger partial charge in [-0.2, -0.15) is 0 Å². The minimum absolute atomic E-state index is 0.0233. The first-order valence-corrected chi connectivity index (χ1v) is 11.1. The zero-order valence-corrected chi connectivity index (χ0v) is 18.3. The highest BCUT2D eigenvalue weighted by molar-refractivity contribution is 5.80. The molecule has 1 aliphatic rings. The number of halogens is 1. The number of carbonyl (C=O) groups is 1. The lowest BCUT2D eigenvalue weighted by molar-refractivity contribution is -0.160. The first-order valence-electron chi connectivity index (χ1n) is 11.1. The van der Waals surface area contributed by atoms with E-state index in [1.165, 1.54) is 18.5 Å². The minimum atomic E-state index is -0.698. The highest BCUT2D eigenvalue weighted by atomic mass is 19.1. The number of nitrogens with zero attached hydrogens (tertiary/aromatic N) is 4. The molecular weight excluding hydrogens is 435 g/mol. The molecule has 0 aliphatic carbocycles. The van der Waals surface area contributed by atoms with Gasteiger partial charge in [0.15, 0.2) is 0 Å². The van der Waals surface area contributed by atoms with Crippen LogP contribution in [0.3, 0.4) is 0 Å². The summed E-state index contributed by atoms with van der Waals surface area (Å²) in [7, 11) is 0. The largest absolute Gasteiger partial charge is 0.462 e. The van der Waals surface area contributed by atoms with Crippen LogP contribution < -0.4 is 0 Å². The van der Waals surface area contributed by atoms with Crippen LogP contribution in [-0.4, -0.2) is 42.8 Å². The van der Waals surface area contributed by atoms with E-state index in [4.69, 9.17) is 9.72 Å². The van der Waals surface area contributed by atoms with Crippen LogP contribution in [0.15, 0.2) is 73.2 Å². The summed E-state index contributed by atoms with van der Waals surface area (Å²) in [6.07, 6.45) is 2.94. The van der Waals surface area contributed by atoms with Crippen LogP contribution in [0.1, 0.15) is 19.3 Å². The van der Waals surface area contributed by atoms with E-state index in [-0.39, 0.29) is 12.2 Å². The molecule has 1 N–H and O–H groups in total. The monoisotopic (exact) mass is 458 g/mol. The van der Waals surface area contributed by atoms with Crippen LogP contribution >= 0.6 is 0 Å². The van der Waals surface area contributed by atoms with Crippen molar-refractivity contribution in [1.82, 2.24) is 19.5 Å². The third kappa shape index (κ3) is 4.58. The number of aliphatic hydroxyl groups excluding tert-OH is 1. The lowest BCUT2D eigenvalue weighted by Gasteiger charge is -2.26. The average molecular weight is 458 g/mol. The van der Waals surface area contributed by atoms with Gasteiger partial charge in [-0.05, 0) is 30.3 Å². The van der Waals surface area contributed by atoms with E-state index in [0.29, 0.717) is 30.8 Å². The van der Waals surface area contributed by atoms with Crippen molar-refractivity contribution in [2.24, 2.45) is 0 Å². The lowest BCUT2D eigenvalue weighted by Crippen LogP contribution is -2.33. The van der Waals surface area contributed by atoms with E-state index in [2.05, 4.69) is 14.5 Å². The molecule has 0 saturated carbocycles. The van der Waals surface area contributed by atoms with Gasteiger partial charge in [0.25, 0.3) is 0 Å². The standard InChI is InChI=1S/C26H23FN4O3/c27-19-8-6-17(7-9-19)25-24(22-10-12-28-16-29-22)30-26(18-4-2-1-3-5-18)31(25)13-11-21-14-20(32)15-23(33)34-21/h1-10,12,16,20-21,32H,11,13-15H2/t20-,21+/m1/s1. The van der Waals surface area contributed by atoms with Crippen molar-refractivity contribution in [3.8, 4) is 34.0 Å². The Morgan fingerprint density at radius 1 is 1.06 bits per heavy atom. The summed E-state index contributed by atoms with van der Waals surface area (Å²) in [6.45, 7) is 0.472.